The molecule has 6 heteroatoms. The number of hydrogen-bond acceptors (Lipinski definition) is 3. The third-order valence-corrected chi connectivity index (χ3v) is 3.59. The van der Waals surface area contributed by atoms with Crippen LogP contribution in [0.5, 0.6) is 0 Å². The van der Waals surface area contributed by atoms with Crippen LogP contribution in [0, 0.1) is 0 Å². The number of anilines is 1. The van der Waals surface area contributed by atoms with E-state index in [2.05, 4.69) is 5.32 Å². The van der Waals surface area contributed by atoms with Crippen LogP contribution >= 0.6 is 23.2 Å². The van der Waals surface area contributed by atoms with Gasteiger partial charge in [-0.1, -0.05) is 41.4 Å². The molecular weight excluding hydrogens is 325 g/mol. The van der Waals surface area contributed by atoms with Gasteiger partial charge in [-0.15, -0.1) is 0 Å². The van der Waals surface area contributed by atoms with Gasteiger partial charge in [0.05, 0.1) is 15.6 Å². The zero-order chi connectivity index (χ0) is 16.1. The van der Waals surface area contributed by atoms with Crippen LogP contribution in [0.2, 0.25) is 10.0 Å². The van der Waals surface area contributed by atoms with Gasteiger partial charge in [-0.25, -0.2) is 4.79 Å². The van der Waals surface area contributed by atoms with Gasteiger partial charge in [0, 0.05) is 5.69 Å². The van der Waals surface area contributed by atoms with Crippen molar-refractivity contribution in [2.75, 3.05) is 5.32 Å². The minimum absolute atomic E-state index is 0.230. The highest BCUT2D eigenvalue weighted by Gasteiger charge is 2.19. The average Bonchev–Trinajstić information content (AvgIpc) is 2.50. The molecule has 0 heterocycles. The second kappa shape index (κ2) is 7.29. The minimum Gasteiger partial charge on any atom is -0.449 e. The summed E-state index contributed by atoms with van der Waals surface area (Å²) in [6, 6.07) is 13.3. The molecule has 2 aromatic rings. The molecule has 0 radical (unpaired) electrons. The lowest BCUT2D eigenvalue weighted by molar-refractivity contribution is -0.123. The highest BCUT2D eigenvalue weighted by atomic mass is 35.5. The first-order valence-electron chi connectivity index (χ1n) is 6.49. The Hall–Kier alpha value is -2.04. The van der Waals surface area contributed by atoms with E-state index in [0.29, 0.717) is 10.7 Å². The molecule has 22 heavy (non-hydrogen) atoms. The third-order valence-electron chi connectivity index (χ3n) is 2.85. The van der Waals surface area contributed by atoms with Gasteiger partial charge in [-0.05, 0) is 37.3 Å². The van der Waals surface area contributed by atoms with Crippen LogP contribution < -0.4 is 5.32 Å². The highest BCUT2D eigenvalue weighted by molar-refractivity contribution is 6.42. The molecule has 1 N–H and O–H groups in total. The molecule has 0 saturated heterocycles. The lowest BCUT2D eigenvalue weighted by Crippen LogP contribution is -2.29. The van der Waals surface area contributed by atoms with E-state index in [9.17, 15) is 9.59 Å². The van der Waals surface area contributed by atoms with Crippen molar-refractivity contribution >= 4 is 40.8 Å². The first-order valence-corrected chi connectivity index (χ1v) is 7.25. The van der Waals surface area contributed by atoms with E-state index < -0.39 is 18.0 Å². The van der Waals surface area contributed by atoms with E-state index in [-0.39, 0.29) is 10.6 Å². The maximum atomic E-state index is 12.0. The van der Waals surface area contributed by atoms with Crippen LogP contribution in [-0.2, 0) is 9.53 Å². The Balaban J connectivity index is 1.98. The predicted molar refractivity (Wildman–Crippen MR) is 86.4 cm³/mol. The van der Waals surface area contributed by atoms with Gasteiger partial charge < -0.3 is 10.1 Å². The van der Waals surface area contributed by atoms with Gasteiger partial charge in [0.1, 0.15) is 0 Å². The largest absolute Gasteiger partial charge is 0.449 e. The molecule has 114 valence electrons. The summed E-state index contributed by atoms with van der Waals surface area (Å²) in [5.41, 5.74) is 0.860. The topological polar surface area (TPSA) is 55.4 Å². The van der Waals surface area contributed by atoms with Crippen LogP contribution in [0.4, 0.5) is 5.69 Å². The quantitative estimate of drug-likeness (QED) is 0.851. The second-order valence-electron chi connectivity index (χ2n) is 4.53. The molecule has 0 saturated carbocycles. The van der Waals surface area contributed by atoms with E-state index >= 15 is 0 Å². The third kappa shape index (κ3) is 4.23. The van der Waals surface area contributed by atoms with Crippen LogP contribution in [0.3, 0.4) is 0 Å². The van der Waals surface area contributed by atoms with E-state index in [1.54, 1.807) is 24.3 Å². The zero-order valence-corrected chi connectivity index (χ0v) is 13.2. The molecule has 1 amide bonds. The Morgan fingerprint density at radius 2 is 1.73 bits per heavy atom. The first kappa shape index (κ1) is 16.3. The van der Waals surface area contributed by atoms with E-state index in [0.717, 1.165) is 0 Å². The molecule has 0 aliphatic rings. The maximum Gasteiger partial charge on any atom is 0.338 e. The Kier molecular flexibility index (Phi) is 5.41. The number of carbonyl (C=O) groups is 2. The summed E-state index contributed by atoms with van der Waals surface area (Å²) in [5, 5.41) is 3.24. The monoisotopic (exact) mass is 337 g/mol. The second-order valence-corrected chi connectivity index (χ2v) is 5.35. The number of para-hydroxylation sites is 1. The lowest BCUT2D eigenvalue weighted by Gasteiger charge is -2.13. The van der Waals surface area contributed by atoms with Crippen LogP contribution in [0.1, 0.15) is 17.3 Å². The molecule has 0 aliphatic heterocycles. The average molecular weight is 338 g/mol. The summed E-state index contributed by atoms with van der Waals surface area (Å²) >= 11 is 11.6. The van der Waals surface area contributed by atoms with Crippen molar-refractivity contribution in [2.24, 2.45) is 0 Å². The van der Waals surface area contributed by atoms with Crippen molar-refractivity contribution in [3.63, 3.8) is 0 Å². The van der Waals surface area contributed by atoms with E-state index in [1.807, 2.05) is 6.07 Å². The number of carbonyl (C=O) groups excluding carboxylic acids is 2. The number of amides is 1. The number of benzene rings is 2. The van der Waals surface area contributed by atoms with Gasteiger partial charge in [0.2, 0.25) is 0 Å². The zero-order valence-electron chi connectivity index (χ0n) is 11.7. The van der Waals surface area contributed by atoms with Gasteiger partial charge >= 0.3 is 5.97 Å². The summed E-state index contributed by atoms with van der Waals surface area (Å²) in [6.07, 6.45) is -0.942. The number of hydrogen-bond donors (Lipinski definition) is 1. The number of rotatable bonds is 4. The van der Waals surface area contributed by atoms with Gasteiger partial charge in [0.25, 0.3) is 5.91 Å². The predicted octanol–water partition coefficient (Wildman–Crippen LogP) is 4.18. The molecule has 0 fully saturated rings. The Labute approximate surface area is 138 Å². The van der Waals surface area contributed by atoms with E-state index in [1.165, 1.54) is 25.1 Å². The van der Waals surface area contributed by atoms with Crippen molar-refractivity contribution in [3.8, 4) is 0 Å². The Morgan fingerprint density at radius 1 is 1.05 bits per heavy atom. The van der Waals surface area contributed by atoms with Gasteiger partial charge in [-0.2, -0.15) is 0 Å². The fourth-order valence-corrected chi connectivity index (χ4v) is 1.97. The Morgan fingerprint density at radius 3 is 2.36 bits per heavy atom. The summed E-state index contributed by atoms with van der Waals surface area (Å²) in [5.74, 6) is -1.06. The fraction of sp³-hybridized carbons (Fsp3) is 0.125. The highest BCUT2D eigenvalue weighted by Crippen LogP contribution is 2.23. The standard InChI is InChI=1S/C16H13Cl2NO3/c1-10(15(20)19-12-5-3-2-4-6-12)22-16(21)11-7-8-13(17)14(18)9-11/h2-10H,1H3,(H,19,20)/t10-/m1/s1. The van der Waals surface area contributed by atoms with Crippen LogP contribution in [0.15, 0.2) is 48.5 Å². The molecule has 2 aromatic carbocycles. The summed E-state index contributed by atoms with van der Waals surface area (Å²) in [7, 11) is 0. The van der Waals surface area contributed by atoms with Crippen LogP contribution in [0.25, 0.3) is 0 Å². The summed E-state index contributed by atoms with van der Waals surface area (Å²) in [4.78, 5) is 23.9. The molecule has 0 bridgehead atoms. The number of halogens is 2. The minimum atomic E-state index is -0.942. The van der Waals surface area contributed by atoms with Crippen molar-refractivity contribution in [3.05, 3.63) is 64.1 Å². The fourth-order valence-electron chi connectivity index (χ4n) is 1.67. The number of esters is 1. The van der Waals surface area contributed by atoms with Crippen molar-refractivity contribution in [1.29, 1.82) is 0 Å². The molecule has 0 aromatic heterocycles. The van der Waals surface area contributed by atoms with E-state index in [4.69, 9.17) is 27.9 Å². The molecule has 0 aliphatic carbocycles. The van der Waals surface area contributed by atoms with Gasteiger partial charge in [-0.3, -0.25) is 4.79 Å². The number of ether oxygens (including phenoxy) is 1. The molecule has 2 rings (SSSR count). The van der Waals surface area contributed by atoms with Crippen LogP contribution in [-0.4, -0.2) is 18.0 Å². The summed E-state index contributed by atoms with van der Waals surface area (Å²) < 4.78 is 5.11. The number of nitrogens with one attached hydrogen (secondary N) is 1. The van der Waals surface area contributed by atoms with Crippen molar-refractivity contribution in [2.45, 2.75) is 13.0 Å². The molecule has 4 nitrogen and oxygen atoms in total. The van der Waals surface area contributed by atoms with Crippen molar-refractivity contribution in [1.82, 2.24) is 0 Å². The maximum absolute atomic E-state index is 12.0. The molecule has 0 unspecified atom stereocenters. The normalized spacial score (nSPS) is 11.6. The Bertz CT molecular complexity index is 689. The molecular formula is C16H13Cl2NO3. The molecule has 0 spiro atoms. The molecule has 1 atom stereocenters. The van der Waals surface area contributed by atoms with Crippen molar-refractivity contribution < 1.29 is 14.3 Å². The lowest BCUT2D eigenvalue weighted by atomic mass is 10.2. The first-order chi connectivity index (χ1) is 10.5. The SMILES string of the molecule is C[C@@H](OC(=O)c1ccc(Cl)c(Cl)c1)C(=O)Nc1ccccc1. The smallest absolute Gasteiger partial charge is 0.338 e. The van der Waals surface area contributed by atoms with Gasteiger partial charge in [0.15, 0.2) is 6.10 Å². The summed E-state index contributed by atoms with van der Waals surface area (Å²) in [6.45, 7) is 1.49.